The Morgan fingerprint density at radius 3 is 2.62 bits per heavy atom. The first kappa shape index (κ1) is 14.8. The van der Waals surface area contributed by atoms with Crippen molar-refractivity contribution in [1.82, 2.24) is 5.43 Å². The molecule has 0 aliphatic heterocycles. The van der Waals surface area contributed by atoms with Gasteiger partial charge < -0.3 is 15.2 Å². The van der Waals surface area contributed by atoms with Crippen LogP contribution in [0.2, 0.25) is 0 Å². The molecule has 0 amide bonds. The zero-order valence-corrected chi connectivity index (χ0v) is 12.2. The van der Waals surface area contributed by atoms with Crippen molar-refractivity contribution in [2.24, 2.45) is 5.10 Å². The molecule has 21 heavy (non-hydrogen) atoms. The van der Waals surface area contributed by atoms with Gasteiger partial charge in [-0.3, -0.25) is 5.43 Å². The van der Waals surface area contributed by atoms with Crippen molar-refractivity contribution in [2.45, 2.75) is 0 Å². The van der Waals surface area contributed by atoms with Gasteiger partial charge in [0.1, 0.15) is 11.5 Å². The van der Waals surface area contributed by atoms with E-state index in [9.17, 15) is 5.11 Å². The van der Waals surface area contributed by atoms with Crippen molar-refractivity contribution in [1.29, 1.82) is 0 Å². The Labute approximate surface area is 128 Å². The van der Waals surface area contributed by atoms with Gasteiger partial charge in [-0.2, -0.15) is 5.10 Å². The number of hydrogen-bond donors (Lipinski definition) is 3. The fraction of sp³-hybridized carbons (Fsp3) is 0.0667. The summed E-state index contributed by atoms with van der Waals surface area (Å²) >= 11 is 5.15. The van der Waals surface area contributed by atoms with Gasteiger partial charge in [-0.25, -0.2) is 0 Å². The van der Waals surface area contributed by atoms with Crippen LogP contribution >= 0.6 is 12.2 Å². The van der Waals surface area contributed by atoms with Crippen molar-refractivity contribution in [3.05, 3.63) is 54.1 Å². The van der Waals surface area contributed by atoms with E-state index in [4.69, 9.17) is 17.0 Å². The van der Waals surface area contributed by atoms with Gasteiger partial charge in [0.05, 0.1) is 19.0 Å². The molecule has 0 atom stereocenters. The Kier molecular flexibility index (Phi) is 5.11. The highest BCUT2D eigenvalue weighted by Crippen LogP contribution is 2.22. The number of ether oxygens (including phenoxy) is 1. The van der Waals surface area contributed by atoms with Gasteiger partial charge >= 0.3 is 0 Å². The summed E-state index contributed by atoms with van der Waals surface area (Å²) in [5.41, 5.74) is 4.33. The van der Waals surface area contributed by atoms with E-state index in [0.29, 0.717) is 10.9 Å². The van der Waals surface area contributed by atoms with E-state index in [1.807, 2.05) is 24.3 Å². The van der Waals surface area contributed by atoms with E-state index in [1.165, 1.54) is 0 Å². The molecule has 0 saturated carbocycles. The Morgan fingerprint density at radius 2 is 1.90 bits per heavy atom. The lowest BCUT2D eigenvalue weighted by molar-refractivity contribution is 0.417. The Balaban J connectivity index is 1.91. The third-order valence-electron chi connectivity index (χ3n) is 2.63. The first-order chi connectivity index (χ1) is 10.2. The molecule has 2 aromatic rings. The van der Waals surface area contributed by atoms with Crippen molar-refractivity contribution in [3.63, 3.8) is 0 Å². The first-order valence-corrected chi connectivity index (χ1v) is 6.62. The highest BCUT2D eigenvalue weighted by atomic mass is 32.1. The summed E-state index contributed by atoms with van der Waals surface area (Å²) in [6.45, 7) is 0. The maximum Gasteiger partial charge on any atom is 0.191 e. The second-order valence-electron chi connectivity index (χ2n) is 4.12. The van der Waals surface area contributed by atoms with Crippen LogP contribution in [0.1, 0.15) is 5.56 Å². The van der Waals surface area contributed by atoms with E-state index in [2.05, 4.69) is 15.8 Å². The number of benzene rings is 2. The fourth-order valence-corrected chi connectivity index (χ4v) is 1.79. The lowest BCUT2D eigenvalue weighted by Crippen LogP contribution is -2.24. The lowest BCUT2D eigenvalue weighted by Gasteiger charge is -2.10. The van der Waals surface area contributed by atoms with Crippen LogP contribution in [0.3, 0.4) is 0 Å². The number of phenols is 1. The molecule has 108 valence electrons. The molecular weight excluding hydrogens is 286 g/mol. The minimum Gasteiger partial charge on any atom is -0.508 e. The van der Waals surface area contributed by atoms with Crippen LogP contribution in [0.15, 0.2) is 53.6 Å². The minimum absolute atomic E-state index is 0.216. The molecule has 0 spiro atoms. The number of para-hydroxylation sites is 2. The largest absolute Gasteiger partial charge is 0.508 e. The number of methoxy groups -OCH3 is 1. The SMILES string of the molecule is COc1ccccc1NC(=S)N/N=C/c1ccc(O)cc1. The third kappa shape index (κ3) is 4.47. The zero-order chi connectivity index (χ0) is 15.1. The molecule has 0 aliphatic carbocycles. The topological polar surface area (TPSA) is 65.9 Å². The van der Waals surface area contributed by atoms with Crippen LogP contribution in [-0.4, -0.2) is 23.5 Å². The number of hydrogen-bond acceptors (Lipinski definition) is 4. The number of nitrogens with one attached hydrogen (secondary N) is 2. The zero-order valence-electron chi connectivity index (χ0n) is 11.4. The predicted octanol–water partition coefficient (Wildman–Crippen LogP) is 2.72. The Bertz CT molecular complexity index is 642. The molecule has 0 fully saturated rings. The highest BCUT2D eigenvalue weighted by Gasteiger charge is 2.02. The molecule has 6 heteroatoms. The molecule has 0 radical (unpaired) electrons. The molecule has 0 saturated heterocycles. The van der Waals surface area contributed by atoms with E-state index in [-0.39, 0.29) is 5.75 Å². The number of thiocarbonyl (C=S) groups is 1. The van der Waals surface area contributed by atoms with Crippen LogP contribution in [0.25, 0.3) is 0 Å². The number of phenolic OH excluding ortho intramolecular Hbond substituents is 1. The summed E-state index contributed by atoms with van der Waals surface area (Å²) in [5.74, 6) is 0.914. The molecule has 5 nitrogen and oxygen atoms in total. The maximum atomic E-state index is 9.18. The fourth-order valence-electron chi connectivity index (χ4n) is 1.62. The number of anilines is 1. The van der Waals surface area contributed by atoms with Gasteiger partial charge in [-0.15, -0.1) is 0 Å². The van der Waals surface area contributed by atoms with Crippen LogP contribution < -0.4 is 15.5 Å². The molecular formula is C15H15N3O2S. The van der Waals surface area contributed by atoms with Crippen molar-refractivity contribution in [2.75, 3.05) is 12.4 Å². The van der Waals surface area contributed by atoms with Gasteiger partial charge in [0.25, 0.3) is 0 Å². The Hall–Kier alpha value is -2.60. The predicted molar refractivity (Wildman–Crippen MR) is 88.1 cm³/mol. The van der Waals surface area contributed by atoms with Gasteiger partial charge in [-0.05, 0) is 54.2 Å². The van der Waals surface area contributed by atoms with Gasteiger partial charge in [0, 0.05) is 0 Å². The normalized spacial score (nSPS) is 10.3. The molecule has 0 unspecified atom stereocenters. The van der Waals surface area contributed by atoms with Gasteiger partial charge in [0.2, 0.25) is 0 Å². The van der Waals surface area contributed by atoms with E-state index < -0.39 is 0 Å². The molecule has 2 rings (SSSR count). The molecule has 0 aliphatic rings. The quantitative estimate of drug-likeness (QED) is 0.460. The van der Waals surface area contributed by atoms with E-state index in [1.54, 1.807) is 37.6 Å². The van der Waals surface area contributed by atoms with Crippen LogP contribution in [-0.2, 0) is 0 Å². The van der Waals surface area contributed by atoms with Crippen LogP contribution in [0.5, 0.6) is 11.5 Å². The van der Waals surface area contributed by atoms with E-state index >= 15 is 0 Å². The molecule has 0 bridgehead atoms. The van der Waals surface area contributed by atoms with Crippen LogP contribution in [0, 0.1) is 0 Å². The summed E-state index contributed by atoms with van der Waals surface area (Å²) in [5, 5.41) is 16.6. The summed E-state index contributed by atoms with van der Waals surface area (Å²) < 4.78 is 5.22. The average Bonchev–Trinajstić information content (AvgIpc) is 2.50. The summed E-state index contributed by atoms with van der Waals surface area (Å²) in [4.78, 5) is 0. The summed E-state index contributed by atoms with van der Waals surface area (Å²) in [7, 11) is 1.60. The first-order valence-electron chi connectivity index (χ1n) is 6.21. The second kappa shape index (κ2) is 7.25. The third-order valence-corrected chi connectivity index (χ3v) is 2.82. The summed E-state index contributed by atoms with van der Waals surface area (Å²) in [6.07, 6.45) is 1.61. The van der Waals surface area contributed by atoms with Crippen molar-refractivity contribution < 1.29 is 9.84 Å². The standard InChI is InChI=1S/C15H15N3O2S/c1-20-14-5-3-2-4-13(14)17-15(21)18-16-10-11-6-8-12(19)9-7-11/h2-10,19H,1H3,(H2,17,18,21)/b16-10+. The minimum atomic E-state index is 0.216. The van der Waals surface area contributed by atoms with Crippen LogP contribution in [0.4, 0.5) is 5.69 Å². The number of rotatable bonds is 4. The second-order valence-corrected chi connectivity index (χ2v) is 4.52. The average molecular weight is 301 g/mol. The lowest BCUT2D eigenvalue weighted by atomic mass is 10.2. The Morgan fingerprint density at radius 1 is 1.19 bits per heavy atom. The van der Waals surface area contributed by atoms with Crippen molar-refractivity contribution >= 4 is 29.2 Å². The number of aromatic hydroxyl groups is 1. The highest BCUT2D eigenvalue weighted by molar-refractivity contribution is 7.80. The van der Waals surface area contributed by atoms with Gasteiger partial charge in [-0.1, -0.05) is 12.1 Å². The van der Waals surface area contributed by atoms with Crippen molar-refractivity contribution in [3.8, 4) is 11.5 Å². The molecule has 0 heterocycles. The number of hydrazone groups is 1. The molecule has 0 aromatic heterocycles. The monoisotopic (exact) mass is 301 g/mol. The smallest absolute Gasteiger partial charge is 0.191 e. The number of nitrogens with zero attached hydrogens (tertiary/aromatic N) is 1. The maximum absolute atomic E-state index is 9.18. The molecule has 3 N–H and O–H groups in total. The summed E-state index contributed by atoms with van der Waals surface area (Å²) in [6, 6.07) is 14.1. The van der Waals surface area contributed by atoms with E-state index in [0.717, 1.165) is 11.3 Å². The molecule has 2 aromatic carbocycles. The van der Waals surface area contributed by atoms with Gasteiger partial charge in [0.15, 0.2) is 5.11 Å².